The van der Waals surface area contributed by atoms with Gasteiger partial charge in [-0.15, -0.1) is 0 Å². The van der Waals surface area contributed by atoms with Gasteiger partial charge in [0.15, 0.2) is 5.13 Å². The maximum atomic E-state index is 13.8. The van der Waals surface area contributed by atoms with E-state index in [0.29, 0.717) is 29.7 Å². The lowest BCUT2D eigenvalue weighted by molar-refractivity contribution is -0.143. The summed E-state index contributed by atoms with van der Waals surface area (Å²) >= 11 is 0.602. The summed E-state index contributed by atoms with van der Waals surface area (Å²) in [6, 6.07) is 2.23. The Morgan fingerprint density at radius 3 is 2.02 bits per heavy atom. The number of hydrogen-bond acceptors (Lipinski definition) is 6. The highest BCUT2D eigenvalue weighted by molar-refractivity contribution is 7.17. The maximum Gasteiger partial charge on any atom is 0.416 e. The van der Waals surface area contributed by atoms with E-state index in [1.807, 2.05) is 5.43 Å². The summed E-state index contributed by atoms with van der Waals surface area (Å²) in [5.41, 5.74) is -2.77. The molecule has 2 aromatic carbocycles. The minimum absolute atomic E-state index is 0.0391. The number of imide groups is 1. The van der Waals surface area contributed by atoms with Crippen molar-refractivity contribution in [3.8, 4) is 0 Å². The third kappa shape index (κ3) is 6.96. The predicted octanol–water partition coefficient (Wildman–Crippen LogP) is 5.52. The summed E-state index contributed by atoms with van der Waals surface area (Å²) in [6.07, 6.45) is -9.57. The maximum absolute atomic E-state index is 13.8. The van der Waals surface area contributed by atoms with Gasteiger partial charge in [-0.2, -0.15) is 31.4 Å². The summed E-state index contributed by atoms with van der Waals surface area (Å²) in [6.45, 7) is 1.34. The Morgan fingerprint density at radius 1 is 0.950 bits per heavy atom. The molecular formula is C23H15F8N5O3S. The number of hydrogen-bond donors (Lipinski definition) is 2. The van der Waals surface area contributed by atoms with Crippen molar-refractivity contribution in [3.05, 3.63) is 80.9 Å². The van der Waals surface area contributed by atoms with E-state index < -0.39 is 64.1 Å². The normalized spacial score (nSPS) is 11.9. The summed E-state index contributed by atoms with van der Waals surface area (Å²) in [4.78, 5) is 41.6. The average molecular weight is 593 g/mol. The molecule has 17 heteroatoms. The SMILES string of the molecule is Cc1nc(N(C)C(=O)NC(=O)c2c(F)cccc2F)sc1C(=O)N/N=C/c1cc(C(F)(F)F)cc(C(F)(F)F)c1. The van der Waals surface area contributed by atoms with Gasteiger partial charge in [0.05, 0.1) is 23.0 Å². The number of urea groups is 1. The number of nitrogens with zero attached hydrogens (tertiary/aromatic N) is 3. The fourth-order valence-corrected chi connectivity index (χ4v) is 3.97. The van der Waals surface area contributed by atoms with Gasteiger partial charge in [-0.25, -0.2) is 24.0 Å². The predicted molar refractivity (Wildman–Crippen MR) is 126 cm³/mol. The van der Waals surface area contributed by atoms with Crippen LogP contribution in [0.4, 0.5) is 45.0 Å². The Bertz CT molecular complexity index is 1450. The number of carbonyl (C=O) groups excluding carboxylic acids is 3. The second kappa shape index (κ2) is 11.4. The molecule has 1 heterocycles. The molecule has 40 heavy (non-hydrogen) atoms. The van der Waals surface area contributed by atoms with Gasteiger partial charge < -0.3 is 0 Å². The van der Waals surface area contributed by atoms with Crippen molar-refractivity contribution in [2.24, 2.45) is 5.10 Å². The molecule has 4 amide bonds. The first-order valence-electron chi connectivity index (χ1n) is 10.6. The molecule has 2 N–H and O–H groups in total. The third-order valence-corrected chi connectivity index (χ3v) is 6.22. The Kier molecular flexibility index (Phi) is 8.57. The molecule has 0 unspecified atom stereocenters. The van der Waals surface area contributed by atoms with Crippen LogP contribution >= 0.6 is 11.3 Å². The molecule has 0 spiro atoms. The molecule has 8 nitrogen and oxygen atoms in total. The van der Waals surface area contributed by atoms with E-state index in [4.69, 9.17) is 0 Å². The summed E-state index contributed by atoms with van der Waals surface area (Å²) < 4.78 is 106. The van der Waals surface area contributed by atoms with Gasteiger partial charge in [-0.1, -0.05) is 17.4 Å². The number of carbonyl (C=O) groups is 3. The van der Waals surface area contributed by atoms with Gasteiger partial charge in [0.2, 0.25) is 0 Å². The molecule has 3 rings (SSSR count). The van der Waals surface area contributed by atoms with E-state index in [2.05, 4.69) is 10.1 Å². The molecule has 0 aliphatic heterocycles. The van der Waals surface area contributed by atoms with Crippen LogP contribution in [0.15, 0.2) is 41.5 Å². The van der Waals surface area contributed by atoms with E-state index in [0.717, 1.165) is 30.1 Å². The summed E-state index contributed by atoms with van der Waals surface area (Å²) in [7, 11) is 1.13. The van der Waals surface area contributed by atoms with E-state index in [9.17, 15) is 49.5 Å². The number of aryl methyl sites for hydroxylation is 1. The van der Waals surface area contributed by atoms with Crippen molar-refractivity contribution in [2.45, 2.75) is 19.3 Å². The molecule has 0 radical (unpaired) electrons. The lowest BCUT2D eigenvalue weighted by Crippen LogP contribution is -2.41. The zero-order valence-corrected chi connectivity index (χ0v) is 20.9. The highest BCUT2D eigenvalue weighted by Crippen LogP contribution is 2.36. The van der Waals surface area contributed by atoms with E-state index in [1.165, 1.54) is 6.92 Å². The Labute approximate surface area is 223 Å². The van der Waals surface area contributed by atoms with Crippen LogP contribution in [0.2, 0.25) is 0 Å². The van der Waals surface area contributed by atoms with Crippen LogP contribution in [0.3, 0.4) is 0 Å². The van der Waals surface area contributed by atoms with E-state index in [-0.39, 0.29) is 21.8 Å². The second-order valence-corrected chi connectivity index (χ2v) is 8.84. The van der Waals surface area contributed by atoms with Crippen molar-refractivity contribution >= 4 is 40.5 Å². The first kappa shape index (κ1) is 30.1. The largest absolute Gasteiger partial charge is 0.416 e. The molecule has 0 bridgehead atoms. The Hall–Kier alpha value is -4.41. The molecule has 0 aliphatic carbocycles. The molecule has 0 fully saturated rings. The van der Waals surface area contributed by atoms with Gasteiger partial charge in [-0.05, 0) is 42.8 Å². The van der Waals surface area contributed by atoms with Gasteiger partial charge in [0, 0.05) is 7.05 Å². The number of benzene rings is 2. The van der Waals surface area contributed by atoms with Crippen molar-refractivity contribution in [1.29, 1.82) is 0 Å². The van der Waals surface area contributed by atoms with Gasteiger partial charge in [0.25, 0.3) is 11.8 Å². The van der Waals surface area contributed by atoms with Crippen LogP contribution in [0.5, 0.6) is 0 Å². The van der Waals surface area contributed by atoms with E-state index in [1.54, 1.807) is 5.32 Å². The van der Waals surface area contributed by atoms with Gasteiger partial charge in [-0.3, -0.25) is 19.8 Å². The molecule has 3 aromatic rings. The molecular weight excluding hydrogens is 578 g/mol. The van der Waals surface area contributed by atoms with Crippen molar-refractivity contribution in [1.82, 2.24) is 15.7 Å². The van der Waals surface area contributed by atoms with Crippen molar-refractivity contribution in [2.75, 3.05) is 11.9 Å². The Balaban J connectivity index is 1.73. The smallest absolute Gasteiger partial charge is 0.273 e. The highest BCUT2D eigenvalue weighted by Gasteiger charge is 2.36. The topological polar surface area (TPSA) is 104 Å². The number of alkyl halides is 6. The number of aromatic nitrogens is 1. The van der Waals surface area contributed by atoms with Crippen LogP contribution in [-0.4, -0.2) is 36.1 Å². The minimum atomic E-state index is -5.07. The number of anilines is 1. The minimum Gasteiger partial charge on any atom is -0.273 e. The third-order valence-electron chi connectivity index (χ3n) is 4.98. The first-order valence-corrected chi connectivity index (χ1v) is 11.4. The number of thiazole rings is 1. The molecule has 0 aliphatic rings. The molecule has 0 atom stereocenters. The van der Waals surface area contributed by atoms with E-state index >= 15 is 0 Å². The van der Waals surface area contributed by atoms with Crippen LogP contribution in [-0.2, 0) is 12.4 Å². The number of nitrogens with one attached hydrogen (secondary N) is 2. The standard InChI is InChI=1S/C23H15F8N5O3S/c1-10-17(19(38)35-32-9-11-6-12(22(26,27)28)8-13(7-11)23(29,30)31)40-21(33-10)36(2)20(39)34-18(37)16-14(24)4-3-5-15(16)25/h3-9H,1-2H3,(H,35,38)(H,34,37,39)/b32-9+. The quantitative estimate of drug-likeness (QED) is 0.231. The summed E-state index contributed by atoms with van der Waals surface area (Å²) in [5, 5.41) is 5.01. The van der Waals surface area contributed by atoms with Gasteiger partial charge in [0.1, 0.15) is 22.1 Å². The summed E-state index contributed by atoms with van der Waals surface area (Å²) in [5.74, 6) is -4.77. The number of rotatable bonds is 5. The lowest BCUT2D eigenvalue weighted by atomic mass is 10.1. The molecule has 1 aromatic heterocycles. The average Bonchev–Trinajstić information content (AvgIpc) is 3.23. The first-order chi connectivity index (χ1) is 18.5. The fraction of sp³-hybridized carbons (Fsp3) is 0.174. The van der Waals surface area contributed by atoms with Crippen LogP contribution < -0.4 is 15.6 Å². The molecule has 0 saturated heterocycles. The number of hydrazone groups is 1. The zero-order chi connectivity index (χ0) is 30.0. The highest BCUT2D eigenvalue weighted by atomic mass is 32.1. The lowest BCUT2D eigenvalue weighted by Gasteiger charge is -2.14. The fourth-order valence-electron chi connectivity index (χ4n) is 3.05. The second-order valence-electron chi connectivity index (χ2n) is 7.86. The van der Waals surface area contributed by atoms with Crippen molar-refractivity contribution in [3.63, 3.8) is 0 Å². The van der Waals surface area contributed by atoms with Crippen LogP contribution in [0, 0.1) is 18.6 Å². The zero-order valence-electron chi connectivity index (χ0n) is 20.0. The number of halogens is 8. The van der Waals surface area contributed by atoms with Gasteiger partial charge >= 0.3 is 18.4 Å². The monoisotopic (exact) mass is 593 g/mol. The molecule has 212 valence electrons. The van der Waals surface area contributed by atoms with Crippen LogP contribution in [0.1, 0.15) is 42.4 Å². The van der Waals surface area contributed by atoms with Crippen LogP contribution in [0.25, 0.3) is 0 Å². The number of amides is 4. The molecule has 0 saturated carbocycles. The van der Waals surface area contributed by atoms with Crippen molar-refractivity contribution < 1.29 is 49.5 Å². The Morgan fingerprint density at radius 2 is 1.50 bits per heavy atom.